The van der Waals surface area contributed by atoms with Crippen molar-refractivity contribution in [1.29, 1.82) is 0 Å². The van der Waals surface area contributed by atoms with Crippen LogP contribution in [0.4, 0.5) is 0 Å². The molecule has 0 saturated carbocycles. The third-order valence-electron chi connectivity index (χ3n) is 5.83. The lowest BCUT2D eigenvalue weighted by Crippen LogP contribution is -2.50. The van der Waals surface area contributed by atoms with Crippen LogP contribution in [-0.4, -0.2) is 48.6 Å². The van der Waals surface area contributed by atoms with E-state index in [0.29, 0.717) is 19.5 Å². The highest BCUT2D eigenvalue weighted by atomic mass is 16.6. The fourth-order valence-corrected chi connectivity index (χ4v) is 4.33. The summed E-state index contributed by atoms with van der Waals surface area (Å²) in [7, 11) is 2.34. The molecule has 2 atom stereocenters. The van der Waals surface area contributed by atoms with Crippen LogP contribution in [0.25, 0.3) is 0 Å². The summed E-state index contributed by atoms with van der Waals surface area (Å²) >= 11 is 0. The normalized spacial score (nSPS) is 13.0. The predicted molar refractivity (Wildman–Crippen MR) is 128 cm³/mol. The summed E-state index contributed by atoms with van der Waals surface area (Å²) in [4.78, 5) is 38.8. The van der Waals surface area contributed by atoms with Crippen molar-refractivity contribution >= 4 is 11.9 Å². The largest absolute Gasteiger partial charge is 0.468 e. The Morgan fingerprint density at radius 1 is 0.882 bits per heavy atom. The SMILES string of the molecule is COC(=O)C(C(=O)OC)[C@H](C[N+](=O)[O-])[C@H](CC(C)C)N(Cc1ccccc1)Cc1ccccc1. The Bertz CT molecular complexity index is 862. The van der Waals surface area contributed by atoms with E-state index >= 15 is 0 Å². The third kappa shape index (κ3) is 7.95. The summed E-state index contributed by atoms with van der Waals surface area (Å²) in [6.45, 7) is 4.47. The predicted octanol–water partition coefficient (Wildman–Crippen LogP) is 3.96. The lowest BCUT2D eigenvalue weighted by molar-refractivity contribution is -0.491. The molecule has 0 aliphatic heterocycles. The van der Waals surface area contributed by atoms with Crippen molar-refractivity contribution in [3.63, 3.8) is 0 Å². The smallest absolute Gasteiger partial charge is 0.320 e. The number of nitro groups is 1. The first-order valence-corrected chi connectivity index (χ1v) is 11.4. The summed E-state index contributed by atoms with van der Waals surface area (Å²) < 4.78 is 9.78. The second-order valence-electron chi connectivity index (χ2n) is 8.78. The Labute approximate surface area is 201 Å². The first kappa shape index (κ1) is 27.0. The molecule has 2 rings (SSSR count). The van der Waals surface area contributed by atoms with Gasteiger partial charge >= 0.3 is 11.9 Å². The summed E-state index contributed by atoms with van der Waals surface area (Å²) in [5.41, 5.74) is 2.06. The summed E-state index contributed by atoms with van der Waals surface area (Å²) in [6.07, 6.45) is 0.544. The van der Waals surface area contributed by atoms with Crippen molar-refractivity contribution < 1.29 is 24.0 Å². The van der Waals surface area contributed by atoms with Crippen LogP contribution in [0.15, 0.2) is 60.7 Å². The molecule has 184 valence electrons. The maximum Gasteiger partial charge on any atom is 0.320 e. The number of hydrogen-bond donors (Lipinski definition) is 0. The van der Waals surface area contributed by atoms with Gasteiger partial charge in [-0.3, -0.25) is 24.6 Å². The van der Waals surface area contributed by atoms with Crippen molar-refractivity contribution in [2.45, 2.75) is 39.4 Å². The summed E-state index contributed by atoms with van der Waals surface area (Å²) in [6, 6.07) is 19.1. The van der Waals surface area contributed by atoms with Gasteiger partial charge in [-0.25, -0.2) is 0 Å². The third-order valence-corrected chi connectivity index (χ3v) is 5.83. The fourth-order valence-electron chi connectivity index (χ4n) is 4.33. The molecule has 2 aromatic carbocycles. The number of nitrogens with zero attached hydrogens (tertiary/aromatic N) is 2. The van der Waals surface area contributed by atoms with Crippen molar-refractivity contribution in [3.05, 3.63) is 81.9 Å². The van der Waals surface area contributed by atoms with E-state index in [0.717, 1.165) is 11.1 Å². The first-order valence-electron chi connectivity index (χ1n) is 11.4. The van der Waals surface area contributed by atoms with Crippen LogP contribution >= 0.6 is 0 Å². The zero-order valence-corrected chi connectivity index (χ0v) is 20.3. The molecule has 0 aliphatic rings. The summed E-state index contributed by atoms with van der Waals surface area (Å²) in [5.74, 6) is -3.84. The summed E-state index contributed by atoms with van der Waals surface area (Å²) in [5, 5.41) is 11.7. The highest BCUT2D eigenvalue weighted by Gasteiger charge is 2.46. The second-order valence-corrected chi connectivity index (χ2v) is 8.78. The monoisotopic (exact) mass is 470 g/mol. The van der Waals surface area contributed by atoms with Crippen LogP contribution in [0.1, 0.15) is 31.4 Å². The van der Waals surface area contributed by atoms with Crippen molar-refractivity contribution in [2.75, 3.05) is 20.8 Å². The van der Waals surface area contributed by atoms with Crippen LogP contribution in [0.2, 0.25) is 0 Å². The number of hydrogen-bond acceptors (Lipinski definition) is 7. The molecule has 8 nitrogen and oxygen atoms in total. The molecule has 0 spiro atoms. The zero-order valence-electron chi connectivity index (χ0n) is 20.3. The maximum atomic E-state index is 12.7. The number of rotatable bonds is 13. The molecule has 0 saturated heterocycles. The Kier molecular flexibility index (Phi) is 10.7. The minimum Gasteiger partial charge on any atom is -0.468 e. The standard InChI is InChI=1S/C26H34N2O6/c1-19(2)15-23(22(18-28(31)32)24(25(29)33-3)26(30)34-4)27(16-20-11-7-5-8-12-20)17-21-13-9-6-10-14-21/h5-14,19,22-24H,15-18H2,1-4H3/t22-,23+/m1/s1. The van der Waals surface area contributed by atoms with Gasteiger partial charge in [-0.2, -0.15) is 0 Å². The number of ether oxygens (including phenoxy) is 2. The highest BCUT2D eigenvalue weighted by Crippen LogP contribution is 2.30. The van der Waals surface area contributed by atoms with E-state index in [1.54, 1.807) is 0 Å². The first-order chi connectivity index (χ1) is 16.3. The molecule has 0 radical (unpaired) electrons. The molecule has 0 aliphatic carbocycles. The van der Waals surface area contributed by atoms with E-state index in [1.165, 1.54) is 14.2 Å². The lowest BCUT2D eigenvalue weighted by atomic mass is 9.80. The molecule has 0 N–H and O–H groups in total. The van der Waals surface area contributed by atoms with Gasteiger partial charge in [0.2, 0.25) is 6.54 Å². The van der Waals surface area contributed by atoms with Gasteiger partial charge in [-0.05, 0) is 23.5 Å². The maximum absolute atomic E-state index is 12.7. The quantitative estimate of drug-likeness (QED) is 0.189. The van der Waals surface area contributed by atoms with E-state index in [9.17, 15) is 19.7 Å². The topological polar surface area (TPSA) is 99.0 Å². The average molecular weight is 471 g/mol. The zero-order chi connectivity index (χ0) is 25.1. The average Bonchev–Trinajstić information content (AvgIpc) is 2.82. The van der Waals surface area contributed by atoms with Crippen LogP contribution < -0.4 is 0 Å². The van der Waals surface area contributed by atoms with Crippen molar-refractivity contribution in [3.8, 4) is 0 Å². The van der Waals surface area contributed by atoms with E-state index in [1.807, 2.05) is 74.5 Å². The molecule has 8 heteroatoms. The molecular formula is C26H34N2O6. The number of carbonyl (C=O) groups excluding carboxylic acids is 2. The molecular weight excluding hydrogens is 436 g/mol. The van der Waals surface area contributed by atoms with Gasteiger partial charge in [0, 0.05) is 24.1 Å². The minimum atomic E-state index is -1.40. The van der Waals surface area contributed by atoms with E-state index in [4.69, 9.17) is 9.47 Å². The number of benzene rings is 2. The molecule has 2 aromatic rings. The molecule has 0 aromatic heterocycles. The van der Waals surface area contributed by atoms with Crippen LogP contribution in [0.3, 0.4) is 0 Å². The van der Waals surface area contributed by atoms with E-state index in [2.05, 4.69) is 4.90 Å². The number of esters is 2. The Morgan fingerprint density at radius 2 is 1.32 bits per heavy atom. The molecule has 0 bridgehead atoms. The number of carbonyl (C=O) groups is 2. The molecule has 0 fully saturated rings. The van der Waals surface area contributed by atoms with Gasteiger partial charge in [0.05, 0.1) is 20.1 Å². The fraction of sp³-hybridized carbons (Fsp3) is 0.462. The van der Waals surface area contributed by atoms with Crippen molar-refractivity contribution in [1.82, 2.24) is 4.90 Å². The number of methoxy groups -OCH3 is 2. The minimum absolute atomic E-state index is 0.157. The van der Waals surface area contributed by atoms with Gasteiger partial charge < -0.3 is 9.47 Å². The van der Waals surface area contributed by atoms with E-state index < -0.39 is 41.3 Å². The van der Waals surface area contributed by atoms with Gasteiger partial charge in [0.1, 0.15) is 0 Å². The molecule has 0 unspecified atom stereocenters. The Hall–Kier alpha value is -3.26. The van der Waals surface area contributed by atoms with Crippen LogP contribution in [-0.2, 0) is 32.2 Å². The second kappa shape index (κ2) is 13.4. The lowest BCUT2D eigenvalue weighted by Gasteiger charge is -2.38. The van der Waals surface area contributed by atoms with Crippen LogP contribution in [0, 0.1) is 27.9 Å². The van der Waals surface area contributed by atoms with Gasteiger partial charge in [0.15, 0.2) is 5.92 Å². The van der Waals surface area contributed by atoms with Gasteiger partial charge in [-0.15, -0.1) is 0 Å². The molecule has 34 heavy (non-hydrogen) atoms. The van der Waals surface area contributed by atoms with Gasteiger partial charge in [0.25, 0.3) is 0 Å². The molecule has 0 amide bonds. The Balaban J connectivity index is 2.60. The highest BCUT2D eigenvalue weighted by molar-refractivity contribution is 5.95. The van der Waals surface area contributed by atoms with Crippen LogP contribution in [0.5, 0.6) is 0 Å². The van der Waals surface area contributed by atoms with Gasteiger partial charge in [-0.1, -0.05) is 74.5 Å². The molecule has 0 heterocycles. The van der Waals surface area contributed by atoms with Crippen molar-refractivity contribution in [2.24, 2.45) is 17.8 Å². The Morgan fingerprint density at radius 3 is 1.68 bits per heavy atom. The van der Waals surface area contributed by atoms with E-state index in [-0.39, 0.29) is 5.92 Å².